The zero-order chi connectivity index (χ0) is 48.6. The van der Waals surface area contributed by atoms with Gasteiger partial charge in [-0.05, 0) is 57.8 Å². The molecule has 6 nitrogen and oxygen atoms in total. The zero-order valence-electron chi connectivity index (χ0n) is 45.1. The lowest BCUT2D eigenvalue weighted by atomic mass is 10.0. The van der Waals surface area contributed by atoms with Gasteiger partial charge in [0.25, 0.3) is 0 Å². The summed E-state index contributed by atoms with van der Waals surface area (Å²) >= 11 is 0. The molecule has 0 radical (unpaired) electrons. The monoisotopic (exact) mass is 944 g/mol. The van der Waals surface area contributed by atoms with Gasteiger partial charge in [0, 0.05) is 12.8 Å². The Morgan fingerprint density at radius 1 is 0.418 bits per heavy atom. The highest BCUT2D eigenvalue weighted by Crippen LogP contribution is 2.18. The van der Waals surface area contributed by atoms with Crippen LogP contribution in [0.15, 0.2) is 24.3 Å². The Kier molecular flexibility index (Phi) is 55.5. The van der Waals surface area contributed by atoms with Crippen LogP contribution in [0.2, 0.25) is 0 Å². The normalized spacial score (nSPS) is 12.7. The fourth-order valence-corrected chi connectivity index (χ4v) is 9.40. The maximum Gasteiger partial charge on any atom is 0.305 e. The van der Waals surface area contributed by atoms with Gasteiger partial charge < -0.3 is 20.3 Å². The SMILES string of the molecule is CCCCCCCCCCCCCCCCCCCCCCCCC(O)C(CO)NC(=O)CCCCCCCC/C=C\C=C/CCCCCOC(=O)CCCCCCCCCCCCCCC. The van der Waals surface area contributed by atoms with Crippen molar-refractivity contribution in [1.82, 2.24) is 5.32 Å². The zero-order valence-corrected chi connectivity index (χ0v) is 45.1. The summed E-state index contributed by atoms with van der Waals surface area (Å²) in [5.74, 6) is -0.0736. The number of nitrogens with one attached hydrogen (secondary N) is 1. The number of aliphatic hydroxyl groups is 2. The fraction of sp³-hybridized carbons (Fsp3) is 0.902. The minimum absolute atomic E-state index is 0.0194. The maximum absolute atomic E-state index is 12.5. The second-order valence-corrected chi connectivity index (χ2v) is 20.7. The van der Waals surface area contributed by atoms with E-state index >= 15 is 0 Å². The maximum atomic E-state index is 12.5. The van der Waals surface area contributed by atoms with Crippen LogP contribution in [0, 0.1) is 0 Å². The van der Waals surface area contributed by atoms with E-state index in [1.807, 2.05) is 0 Å². The van der Waals surface area contributed by atoms with Crippen molar-refractivity contribution in [2.24, 2.45) is 0 Å². The highest BCUT2D eigenvalue weighted by Gasteiger charge is 2.20. The van der Waals surface area contributed by atoms with E-state index in [4.69, 9.17) is 4.74 Å². The standard InChI is InChI=1S/C61H117NO5/c1-3-5-7-9-11-13-15-17-18-19-20-21-22-23-24-26-30-33-37-41-45-49-53-59(64)58(57-63)62-60(65)54-50-46-42-38-34-31-27-25-28-32-36-40-44-48-52-56-67-61(66)55-51-47-43-39-35-29-16-14-12-10-8-6-4-2/h25,28,32,36,58-59,63-64H,3-24,26-27,29-31,33-35,37-57H2,1-2H3,(H,62,65)/b28-25-,36-32-. The molecule has 0 aliphatic heterocycles. The van der Waals surface area contributed by atoms with Crippen LogP contribution in [0.5, 0.6) is 0 Å². The largest absolute Gasteiger partial charge is 0.466 e. The quantitative estimate of drug-likeness (QED) is 0.0321. The van der Waals surface area contributed by atoms with Gasteiger partial charge in [-0.2, -0.15) is 0 Å². The minimum atomic E-state index is -0.679. The van der Waals surface area contributed by atoms with E-state index in [0.717, 1.165) is 77.0 Å². The Morgan fingerprint density at radius 2 is 0.731 bits per heavy atom. The molecule has 0 aromatic rings. The third kappa shape index (κ3) is 53.5. The molecule has 0 aromatic heterocycles. The number of hydrogen-bond acceptors (Lipinski definition) is 5. The third-order valence-corrected chi connectivity index (χ3v) is 14.0. The van der Waals surface area contributed by atoms with Crippen LogP contribution in [0.3, 0.4) is 0 Å². The number of hydrogen-bond donors (Lipinski definition) is 3. The predicted octanol–water partition coefficient (Wildman–Crippen LogP) is 18.6. The number of carbonyl (C=O) groups excluding carboxylic acids is 2. The minimum Gasteiger partial charge on any atom is -0.466 e. The van der Waals surface area contributed by atoms with E-state index in [-0.39, 0.29) is 18.5 Å². The summed E-state index contributed by atoms with van der Waals surface area (Å²) in [6.45, 7) is 4.92. The van der Waals surface area contributed by atoms with Crippen molar-refractivity contribution in [1.29, 1.82) is 0 Å². The second kappa shape index (κ2) is 56.9. The molecule has 67 heavy (non-hydrogen) atoms. The van der Waals surface area contributed by atoms with Crippen LogP contribution in [-0.2, 0) is 14.3 Å². The number of esters is 1. The van der Waals surface area contributed by atoms with Crippen LogP contribution in [0.4, 0.5) is 0 Å². The number of carbonyl (C=O) groups is 2. The van der Waals surface area contributed by atoms with Crippen molar-refractivity contribution in [2.75, 3.05) is 13.2 Å². The van der Waals surface area contributed by atoms with Crippen LogP contribution in [0.1, 0.15) is 328 Å². The Labute approximate surface area is 418 Å². The molecule has 6 heteroatoms. The molecule has 2 atom stereocenters. The summed E-state index contributed by atoms with van der Waals surface area (Å²) in [5, 5.41) is 23.3. The van der Waals surface area contributed by atoms with Crippen LogP contribution in [-0.4, -0.2) is 47.4 Å². The lowest BCUT2D eigenvalue weighted by Crippen LogP contribution is -2.45. The molecule has 396 valence electrons. The summed E-state index contributed by atoms with van der Waals surface area (Å²) in [4.78, 5) is 24.5. The molecule has 0 aliphatic carbocycles. The van der Waals surface area contributed by atoms with Gasteiger partial charge >= 0.3 is 5.97 Å². The number of allylic oxidation sites excluding steroid dienone is 4. The van der Waals surface area contributed by atoms with Gasteiger partial charge in [-0.3, -0.25) is 9.59 Å². The van der Waals surface area contributed by atoms with Crippen molar-refractivity contribution in [3.05, 3.63) is 24.3 Å². The first-order valence-corrected chi connectivity index (χ1v) is 30.1. The van der Waals surface area contributed by atoms with Crippen LogP contribution < -0.4 is 5.32 Å². The van der Waals surface area contributed by atoms with Crippen molar-refractivity contribution in [2.45, 2.75) is 341 Å². The van der Waals surface area contributed by atoms with Crippen molar-refractivity contribution >= 4 is 11.9 Å². The summed E-state index contributed by atoms with van der Waals surface area (Å²) in [7, 11) is 0. The van der Waals surface area contributed by atoms with Gasteiger partial charge in [0.1, 0.15) is 0 Å². The third-order valence-electron chi connectivity index (χ3n) is 14.0. The second-order valence-electron chi connectivity index (χ2n) is 20.7. The van der Waals surface area contributed by atoms with Gasteiger partial charge in [0.2, 0.25) is 5.91 Å². The Morgan fingerprint density at radius 3 is 1.10 bits per heavy atom. The molecule has 0 heterocycles. The molecule has 0 rings (SSSR count). The summed E-state index contributed by atoms with van der Waals surface area (Å²) in [5.41, 5.74) is 0. The number of ether oxygens (including phenoxy) is 1. The van der Waals surface area contributed by atoms with Crippen LogP contribution in [0.25, 0.3) is 0 Å². The van der Waals surface area contributed by atoms with Crippen LogP contribution >= 0.6 is 0 Å². The first kappa shape index (κ1) is 65.3. The molecule has 1 amide bonds. The van der Waals surface area contributed by atoms with E-state index < -0.39 is 12.1 Å². The van der Waals surface area contributed by atoms with E-state index in [2.05, 4.69) is 43.5 Å². The summed E-state index contributed by atoms with van der Waals surface area (Å²) < 4.78 is 5.44. The van der Waals surface area contributed by atoms with Gasteiger partial charge in [0.05, 0.1) is 25.4 Å². The molecule has 0 saturated heterocycles. The molecule has 2 unspecified atom stereocenters. The Hall–Kier alpha value is -1.66. The smallest absolute Gasteiger partial charge is 0.305 e. The van der Waals surface area contributed by atoms with Crippen molar-refractivity contribution in [3.63, 3.8) is 0 Å². The number of aliphatic hydroxyl groups excluding tert-OH is 2. The van der Waals surface area contributed by atoms with Crippen molar-refractivity contribution < 1.29 is 24.5 Å². The molecule has 0 saturated carbocycles. The van der Waals surface area contributed by atoms with Gasteiger partial charge in [-0.15, -0.1) is 0 Å². The first-order chi connectivity index (χ1) is 33.0. The fourth-order valence-electron chi connectivity index (χ4n) is 9.40. The number of unbranched alkanes of at least 4 members (excludes halogenated alkanes) is 42. The Bertz CT molecular complexity index is 1040. The average molecular weight is 945 g/mol. The highest BCUT2D eigenvalue weighted by molar-refractivity contribution is 5.76. The predicted molar refractivity (Wildman–Crippen MR) is 292 cm³/mol. The first-order valence-electron chi connectivity index (χ1n) is 30.1. The molecule has 0 spiro atoms. The highest BCUT2D eigenvalue weighted by atomic mass is 16.5. The van der Waals surface area contributed by atoms with E-state index in [0.29, 0.717) is 25.9 Å². The average Bonchev–Trinajstić information content (AvgIpc) is 3.33. The Balaban J connectivity index is 3.50. The van der Waals surface area contributed by atoms with E-state index in [1.54, 1.807) is 0 Å². The van der Waals surface area contributed by atoms with Crippen molar-refractivity contribution in [3.8, 4) is 0 Å². The van der Waals surface area contributed by atoms with Gasteiger partial charge in [-0.1, -0.05) is 282 Å². The molecule has 3 N–H and O–H groups in total. The lowest BCUT2D eigenvalue weighted by Gasteiger charge is -2.22. The van der Waals surface area contributed by atoms with Gasteiger partial charge in [-0.25, -0.2) is 0 Å². The molecular weight excluding hydrogens is 827 g/mol. The molecule has 0 bridgehead atoms. The molecular formula is C61H117NO5. The van der Waals surface area contributed by atoms with E-state index in [9.17, 15) is 19.8 Å². The molecule has 0 aliphatic rings. The number of amides is 1. The topological polar surface area (TPSA) is 95.9 Å². The molecule has 0 fully saturated rings. The lowest BCUT2D eigenvalue weighted by molar-refractivity contribution is -0.143. The molecule has 0 aromatic carbocycles. The summed E-state index contributed by atoms with van der Waals surface area (Å²) in [6.07, 6.45) is 68.9. The van der Waals surface area contributed by atoms with Gasteiger partial charge in [0.15, 0.2) is 0 Å². The number of rotatable bonds is 56. The van der Waals surface area contributed by atoms with E-state index in [1.165, 1.54) is 218 Å². The summed E-state index contributed by atoms with van der Waals surface area (Å²) in [6, 6.07) is -0.559.